The minimum absolute atomic E-state index is 0.263. The van der Waals surface area contributed by atoms with Crippen molar-refractivity contribution in [3.63, 3.8) is 0 Å². The number of rotatable bonds is 5. The van der Waals surface area contributed by atoms with E-state index < -0.39 is 0 Å². The van der Waals surface area contributed by atoms with Crippen LogP contribution in [0.5, 0.6) is 0 Å². The fraction of sp³-hybridized carbons (Fsp3) is 0.933. The van der Waals surface area contributed by atoms with E-state index in [-0.39, 0.29) is 5.54 Å². The van der Waals surface area contributed by atoms with Gasteiger partial charge in [-0.2, -0.15) is 5.26 Å². The highest BCUT2D eigenvalue weighted by Gasteiger charge is 2.39. The third-order valence-electron chi connectivity index (χ3n) is 4.88. The number of nitriles is 1. The van der Waals surface area contributed by atoms with Crippen molar-refractivity contribution in [1.82, 2.24) is 10.2 Å². The third kappa shape index (κ3) is 3.05. The monoisotopic (exact) mass is 249 g/mol. The molecular weight excluding hydrogens is 222 g/mol. The Hall–Kier alpha value is -0.590. The van der Waals surface area contributed by atoms with E-state index >= 15 is 0 Å². The van der Waals surface area contributed by atoms with Gasteiger partial charge in [-0.25, -0.2) is 0 Å². The molecule has 0 heterocycles. The fourth-order valence-corrected chi connectivity index (χ4v) is 3.43. The van der Waals surface area contributed by atoms with Crippen molar-refractivity contribution < 1.29 is 0 Å². The molecular formula is C15H27N3. The minimum atomic E-state index is -0.263. The summed E-state index contributed by atoms with van der Waals surface area (Å²) in [6.07, 6.45) is 5.84. The van der Waals surface area contributed by atoms with Crippen molar-refractivity contribution in [3.05, 3.63) is 0 Å². The highest BCUT2D eigenvalue weighted by atomic mass is 15.1. The summed E-state index contributed by atoms with van der Waals surface area (Å²) < 4.78 is 0. The second-order valence-corrected chi connectivity index (χ2v) is 6.39. The second-order valence-electron chi connectivity index (χ2n) is 6.39. The van der Waals surface area contributed by atoms with E-state index in [1.165, 1.54) is 25.8 Å². The van der Waals surface area contributed by atoms with Gasteiger partial charge in [0.05, 0.1) is 6.07 Å². The van der Waals surface area contributed by atoms with Crippen LogP contribution in [0.2, 0.25) is 0 Å². The van der Waals surface area contributed by atoms with Crippen molar-refractivity contribution in [2.45, 2.75) is 57.5 Å². The van der Waals surface area contributed by atoms with Crippen molar-refractivity contribution in [3.8, 4) is 6.07 Å². The van der Waals surface area contributed by atoms with E-state index in [1.807, 2.05) is 0 Å². The van der Waals surface area contributed by atoms with Crippen molar-refractivity contribution in [2.75, 3.05) is 20.1 Å². The molecule has 2 fully saturated rings. The summed E-state index contributed by atoms with van der Waals surface area (Å²) in [5.41, 5.74) is -0.263. The van der Waals surface area contributed by atoms with Crippen molar-refractivity contribution in [2.24, 2.45) is 11.8 Å². The van der Waals surface area contributed by atoms with Crippen LogP contribution in [0.4, 0.5) is 0 Å². The summed E-state index contributed by atoms with van der Waals surface area (Å²) in [6, 6.07) is 3.13. The van der Waals surface area contributed by atoms with Crippen LogP contribution in [0.1, 0.15) is 46.0 Å². The molecule has 4 atom stereocenters. The molecule has 0 bridgehead atoms. The first kappa shape index (κ1) is 13.8. The molecule has 2 saturated carbocycles. The first-order valence-corrected chi connectivity index (χ1v) is 7.46. The van der Waals surface area contributed by atoms with Gasteiger partial charge in [0.25, 0.3) is 0 Å². The van der Waals surface area contributed by atoms with Gasteiger partial charge in [0, 0.05) is 12.6 Å². The molecule has 0 saturated heterocycles. The molecule has 3 nitrogen and oxygen atoms in total. The largest absolute Gasteiger partial charge is 0.303 e. The maximum atomic E-state index is 9.48. The van der Waals surface area contributed by atoms with Gasteiger partial charge >= 0.3 is 0 Å². The molecule has 3 heteroatoms. The molecule has 0 aromatic heterocycles. The maximum absolute atomic E-state index is 9.48. The number of nitrogens with zero attached hydrogens (tertiary/aromatic N) is 2. The minimum Gasteiger partial charge on any atom is -0.303 e. The zero-order valence-corrected chi connectivity index (χ0v) is 12.1. The quantitative estimate of drug-likeness (QED) is 0.813. The van der Waals surface area contributed by atoms with Crippen LogP contribution in [0, 0.1) is 23.2 Å². The molecule has 1 N–H and O–H groups in total. The standard InChI is InChI=1S/C15H27N3/c1-4-17-15(11-16)7-5-6-14(9-15)18(3)10-13-8-12(13)2/h12-14,17H,4-10H2,1-3H3. The fourth-order valence-electron chi connectivity index (χ4n) is 3.43. The van der Waals surface area contributed by atoms with E-state index in [4.69, 9.17) is 0 Å². The Bertz CT molecular complexity index is 318. The topological polar surface area (TPSA) is 39.1 Å². The Morgan fingerprint density at radius 3 is 2.78 bits per heavy atom. The molecule has 0 radical (unpaired) electrons. The molecule has 2 aliphatic carbocycles. The number of hydrogen-bond acceptors (Lipinski definition) is 3. The van der Waals surface area contributed by atoms with Gasteiger partial charge in [-0.05, 0) is 57.5 Å². The zero-order valence-electron chi connectivity index (χ0n) is 12.1. The van der Waals surface area contributed by atoms with Crippen LogP contribution in [0.15, 0.2) is 0 Å². The molecule has 4 unspecified atom stereocenters. The molecule has 2 rings (SSSR count). The van der Waals surface area contributed by atoms with Gasteiger partial charge in [0.15, 0.2) is 0 Å². The van der Waals surface area contributed by atoms with Gasteiger partial charge in [-0.3, -0.25) is 5.32 Å². The van der Waals surface area contributed by atoms with Crippen molar-refractivity contribution >= 4 is 0 Å². The molecule has 102 valence electrons. The molecule has 0 spiro atoms. The van der Waals surface area contributed by atoms with Crippen LogP contribution in [-0.4, -0.2) is 36.6 Å². The van der Waals surface area contributed by atoms with Crippen LogP contribution in [0.3, 0.4) is 0 Å². The Morgan fingerprint density at radius 1 is 1.50 bits per heavy atom. The van der Waals surface area contributed by atoms with E-state index in [0.717, 1.165) is 31.2 Å². The Morgan fingerprint density at radius 2 is 2.22 bits per heavy atom. The highest BCUT2D eigenvalue weighted by Crippen LogP contribution is 2.39. The lowest BCUT2D eigenvalue weighted by atomic mass is 9.79. The Balaban J connectivity index is 1.90. The smallest absolute Gasteiger partial charge is 0.108 e. The van der Waals surface area contributed by atoms with Gasteiger partial charge in [-0.1, -0.05) is 13.8 Å². The molecule has 0 aromatic rings. The first-order valence-electron chi connectivity index (χ1n) is 7.46. The SMILES string of the molecule is CCNC1(C#N)CCCC(N(C)CC2CC2C)C1. The summed E-state index contributed by atoms with van der Waals surface area (Å²) in [6.45, 7) is 6.55. The van der Waals surface area contributed by atoms with Crippen LogP contribution >= 0.6 is 0 Å². The summed E-state index contributed by atoms with van der Waals surface area (Å²) in [5, 5.41) is 12.9. The Labute approximate surface area is 112 Å². The predicted octanol–water partition coefficient (Wildman–Crippen LogP) is 2.39. The highest BCUT2D eigenvalue weighted by molar-refractivity contribution is 5.11. The molecule has 18 heavy (non-hydrogen) atoms. The number of hydrogen-bond donors (Lipinski definition) is 1. The average molecular weight is 249 g/mol. The van der Waals surface area contributed by atoms with E-state index in [0.29, 0.717) is 6.04 Å². The number of nitrogens with one attached hydrogen (secondary N) is 1. The Kier molecular flexibility index (Phi) is 4.29. The van der Waals surface area contributed by atoms with Crippen LogP contribution in [0.25, 0.3) is 0 Å². The molecule has 0 amide bonds. The zero-order chi connectivity index (χ0) is 13.2. The summed E-state index contributed by atoms with van der Waals surface area (Å²) in [5.74, 6) is 1.83. The molecule has 0 aromatic carbocycles. The van der Waals surface area contributed by atoms with Gasteiger partial charge in [0.2, 0.25) is 0 Å². The average Bonchev–Trinajstić information content (AvgIpc) is 3.05. The van der Waals surface area contributed by atoms with E-state index in [9.17, 15) is 5.26 Å². The summed E-state index contributed by atoms with van der Waals surface area (Å²) >= 11 is 0. The lowest BCUT2D eigenvalue weighted by Crippen LogP contribution is -2.52. The molecule has 2 aliphatic rings. The predicted molar refractivity (Wildman–Crippen MR) is 74.2 cm³/mol. The van der Waals surface area contributed by atoms with Gasteiger partial charge < -0.3 is 4.90 Å². The third-order valence-corrected chi connectivity index (χ3v) is 4.88. The normalized spacial score (nSPS) is 39.6. The summed E-state index contributed by atoms with van der Waals surface area (Å²) in [7, 11) is 2.25. The summed E-state index contributed by atoms with van der Waals surface area (Å²) in [4.78, 5) is 2.51. The van der Waals surface area contributed by atoms with Gasteiger partial charge in [-0.15, -0.1) is 0 Å². The second kappa shape index (κ2) is 5.59. The first-order chi connectivity index (χ1) is 8.60. The van der Waals surface area contributed by atoms with E-state index in [2.05, 4.69) is 37.2 Å². The maximum Gasteiger partial charge on any atom is 0.108 e. The van der Waals surface area contributed by atoms with E-state index in [1.54, 1.807) is 0 Å². The van der Waals surface area contributed by atoms with Crippen LogP contribution < -0.4 is 5.32 Å². The molecule has 0 aliphatic heterocycles. The van der Waals surface area contributed by atoms with Gasteiger partial charge in [0.1, 0.15) is 5.54 Å². The lowest BCUT2D eigenvalue weighted by Gasteiger charge is -2.40. The lowest BCUT2D eigenvalue weighted by molar-refractivity contribution is 0.140. The van der Waals surface area contributed by atoms with Crippen molar-refractivity contribution in [1.29, 1.82) is 5.26 Å². The van der Waals surface area contributed by atoms with Crippen LogP contribution in [-0.2, 0) is 0 Å².